The first-order chi connectivity index (χ1) is 14.2. The molecule has 1 saturated heterocycles. The molecule has 0 aliphatic carbocycles. The van der Waals surface area contributed by atoms with Gasteiger partial charge < -0.3 is 14.0 Å². The van der Waals surface area contributed by atoms with E-state index in [1.54, 1.807) is 0 Å². The number of carbonyl (C=O) groups excluding carboxylic acids is 1. The van der Waals surface area contributed by atoms with Gasteiger partial charge in [0.2, 0.25) is 17.6 Å². The summed E-state index contributed by atoms with van der Waals surface area (Å²) in [7, 11) is 0. The van der Waals surface area contributed by atoms with Gasteiger partial charge in [-0.25, -0.2) is 0 Å². The molecular formula is C20H24N6O2S. The number of carbonyl (C=O) groups is 1. The van der Waals surface area contributed by atoms with Crippen LogP contribution >= 0.6 is 11.8 Å². The van der Waals surface area contributed by atoms with Crippen molar-refractivity contribution in [3.8, 4) is 11.4 Å². The van der Waals surface area contributed by atoms with Crippen LogP contribution < -0.4 is 0 Å². The van der Waals surface area contributed by atoms with E-state index in [-0.39, 0.29) is 5.91 Å². The first-order valence-electron chi connectivity index (χ1n) is 9.95. The Hall–Kier alpha value is -2.68. The quantitative estimate of drug-likeness (QED) is 0.548. The van der Waals surface area contributed by atoms with E-state index in [4.69, 9.17) is 4.52 Å². The molecule has 3 heterocycles. The second-order valence-electron chi connectivity index (χ2n) is 6.94. The smallest absolute Gasteiger partial charge is 0.237 e. The number of aromatic nitrogens is 5. The second kappa shape index (κ2) is 9.21. The lowest BCUT2D eigenvalue weighted by molar-refractivity contribution is -0.131. The molecule has 1 aliphatic heterocycles. The molecule has 0 radical (unpaired) electrons. The fraction of sp³-hybridized carbons (Fsp3) is 0.450. The fourth-order valence-electron chi connectivity index (χ4n) is 3.38. The van der Waals surface area contributed by atoms with Gasteiger partial charge in [0.05, 0.1) is 12.3 Å². The molecule has 1 amide bonds. The maximum absolute atomic E-state index is 12.3. The predicted octanol–water partition coefficient (Wildman–Crippen LogP) is 3.54. The SMILES string of the molecule is CCn1c(CN2CCCCCC2=O)nnc1SCc1nc(-c2ccccc2)no1. The Labute approximate surface area is 173 Å². The Morgan fingerprint density at radius 3 is 2.83 bits per heavy atom. The molecule has 1 aliphatic rings. The van der Waals surface area contributed by atoms with Crippen molar-refractivity contribution >= 4 is 17.7 Å². The second-order valence-corrected chi connectivity index (χ2v) is 7.88. The summed E-state index contributed by atoms with van der Waals surface area (Å²) in [6, 6.07) is 9.74. The molecule has 3 aromatic rings. The van der Waals surface area contributed by atoms with Crippen molar-refractivity contribution < 1.29 is 9.32 Å². The average Bonchev–Trinajstić information content (AvgIpc) is 3.32. The minimum atomic E-state index is 0.210. The molecule has 0 bridgehead atoms. The van der Waals surface area contributed by atoms with Gasteiger partial charge in [0, 0.05) is 25.1 Å². The van der Waals surface area contributed by atoms with Gasteiger partial charge in [-0.1, -0.05) is 53.7 Å². The highest BCUT2D eigenvalue weighted by Crippen LogP contribution is 2.24. The average molecular weight is 413 g/mol. The Kier molecular flexibility index (Phi) is 6.24. The van der Waals surface area contributed by atoms with Gasteiger partial charge in [-0.2, -0.15) is 4.98 Å². The van der Waals surface area contributed by atoms with Gasteiger partial charge >= 0.3 is 0 Å². The highest BCUT2D eigenvalue weighted by atomic mass is 32.2. The predicted molar refractivity (Wildman–Crippen MR) is 109 cm³/mol. The van der Waals surface area contributed by atoms with Crippen molar-refractivity contribution in [2.45, 2.75) is 56.6 Å². The summed E-state index contributed by atoms with van der Waals surface area (Å²) in [5.41, 5.74) is 0.925. The number of thioether (sulfide) groups is 1. The minimum Gasteiger partial charge on any atom is -0.338 e. The molecule has 9 heteroatoms. The molecule has 1 aromatic carbocycles. The maximum atomic E-state index is 12.3. The van der Waals surface area contributed by atoms with E-state index in [1.165, 1.54) is 11.8 Å². The summed E-state index contributed by atoms with van der Waals surface area (Å²) >= 11 is 1.51. The molecule has 0 spiro atoms. The van der Waals surface area contributed by atoms with Crippen LogP contribution in [0, 0.1) is 0 Å². The van der Waals surface area contributed by atoms with Crippen LogP contribution in [0.3, 0.4) is 0 Å². The number of benzene rings is 1. The third-order valence-electron chi connectivity index (χ3n) is 4.94. The third kappa shape index (κ3) is 4.67. The number of hydrogen-bond donors (Lipinski definition) is 0. The number of likely N-dealkylation sites (tertiary alicyclic amines) is 1. The molecule has 8 nitrogen and oxygen atoms in total. The van der Waals surface area contributed by atoms with E-state index in [9.17, 15) is 4.79 Å². The highest BCUT2D eigenvalue weighted by molar-refractivity contribution is 7.98. The van der Waals surface area contributed by atoms with Crippen molar-refractivity contribution in [1.82, 2.24) is 29.8 Å². The Morgan fingerprint density at radius 2 is 2.00 bits per heavy atom. The van der Waals surface area contributed by atoms with Crippen molar-refractivity contribution in [1.29, 1.82) is 0 Å². The maximum Gasteiger partial charge on any atom is 0.237 e. The first-order valence-corrected chi connectivity index (χ1v) is 10.9. The minimum absolute atomic E-state index is 0.210. The number of nitrogens with zero attached hydrogens (tertiary/aromatic N) is 6. The van der Waals surface area contributed by atoms with E-state index in [1.807, 2.05) is 35.2 Å². The van der Waals surface area contributed by atoms with Crippen LogP contribution in [0.5, 0.6) is 0 Å². The first kappa shape index (κ1) is 19.6. The monoisotopic (exact) mass is 412 g/mol. The third-order valence-corrected chi connectivity index (χ3v) is 5.89. The van der Waals surface area contributed by atoms with E-state index >= 15 is 0 Å². The number of amides is 1. The van der Waals surface area contributed by atoms with Gasteiger partial charge in [-0.15, -0.1) is 10.2 Å². The molecule has 0 saturated carbocycles. The lowest BCUT2D eigenvalue weighted by atomic mass is 10.2. The molecule has 4 rings (SSSR count). The molecule has 1 fully saturated rings. The Balaban J connectivity index is 1.42. The van der Waals surface area contributed by atoms with Gasteiger partial charge in [0.1, 0.15) is 0 Å². The van der Waals surface area contributed by atoms with Crippen LogP contribution in [0.25, 0.3) is 11.4 Å². The topological polar surface area (TPSA) is 89.9 Å². The van der Waals surface area contributed by atoms with Gasteiger partial charge in [0.15, 0.2) is 11.0 Å². The molecule has 0 atom stereocenters. The van der Waals surface area contributed by atoms with Crippen LogP contribution in [-0.4, -0.2) is 42.3 Å². The summed E-state index contributed by atoms with van der Waals surface area (Å²) in [5.74, 6) is 2.67. The van der Waals surface area contributed by atoms with Gasteiger partial charge in [-0.3, -0.25) is 4.79 Å². The van der Waals surface area contributed by atoms with Crippen LogP contribution in [0.4, 0.5) is 0 Å². The van der Waals surface area contributed by atoms with E-state index in [0.717, 1.165) is 48.9 Å². The van der Waals surface area contributed by atoms with Crippen molar-refractivity contribution in [2.24, 2.45) is 0 Å². The van der Waals surface area contributed by atoms with Crippen molar-refractivity contribution in [3.05, 3.63) is 42.0 Å². The van der Waals surface area contributed by atoms with Crippen molar-refractivity contribution in [2.75, 3.05) is 6.54 Å². The summed E-state index contributed by atoms with van der Waals surface area (Å²) < 4.78 is 7.43. The summed E-state index contributed by atoms with van der Waals surface area (Å²) in [6.45, 7) is 4.11. The number of hydrogen-bond acceptors (Lipinski definition) is 7. The Bertz CT molecular complexity index is 955. The summed E-state index contributed by atoms with van der Waals surface area (Å²) in [4.78, 5) is 18.7. The highest BCUT2D eigenvalue weighted by Gasteiger charge is 2.21. The molecule has 0 N–H and O–H groups in total. The summed E-state index contributed by atoms with van der Waals surface area (Å²) in [6.07, 6.45) is 3.77. The molecule has 152 valence electrons. The molecule has 29 heavy (non-hydrogen) atoms. The van der Waals surface area contributed by atoms with E-state index in [0.29, 0.717) is 30.4 Å². The van der Waals surface area contributed by atoms with Crippen LogP contribution in [-0.2, 0) is 23.6 Å². The van der Waals surface area contributed by atoms with E-state index < -0.39 is 0 Å². The van der Waals surface area contributed by atoms with E-state index in [2.05, 4.69) is 31.8 Å². The van der Waals surface area contributed by atoms with Crippen LogP contribution in [0.2, 0.25) is 0 Å². The standard InChI is InChI=1S/C20H24N6O2S/c1-2-26-16(13-25-12-8-4-7-11-18(25)27)22-23-20(26)29-14-17-21-19(24-28-17)15-9-5-3-6-10-15/h3,5-6,9-10H,2,4,7-8,11-14H2,1H3. The largest absolute Gasteiger partial charge is 0.338 e. The molecule has 0 unspecified atom stereocenters. The number of rotatable bonds is 7. The van der Waals surface area contributed by atoms with Crippen LogP contribution in [0.1, 0.15) is 44.3 Å². The van der Waals surface area contributed by atoms with Gasteiger partial charge in [0.25, 0.3) is 0 Å². The van der Waals surface area contributed by atoms with Crippen LogP contribution in [0.15, 0.2) is 40.0 Å². The lowest BCUT2D eigenvalue weighted by Crippen LogP contribution is -2.31. The molecular weight excluding hydrogens is 388 g/mol. The van der Waals surface area contributed by atoms with Gasteiger partial charge in [-0.05, 0) is 19.8 Å². The van der Waals surface area contributed by atoms with Crippen molar-refractivity contribution in [3.63, 3.8) is 0 Å². The zero-order valence-electron chi connectivity index (χ0n) is 16.5. The zero-order valence-corrected chi connectivity index (χ0v) is 17.3. The zero-order chi connectivity index (χ0) is 20.1. The molecule has 2 aromatic heterocycles. The fourth-order valence-corrected chi connectivity index (χ4v) is 4.24. The Morgan fingerprint density at radius 1 is 1.14 bits per heavy atom. The lowest BCUT2D eigenvalue weighted by Gasteiger charge is -2.20. The normalized spacial score (nSPS) is 14.9. The summed E-state index contributed by atoms with van der Waals surface area (Å²) in [5, 5.41) is 13.5.